The number of carbonyl (C=O) groups excluding carboxylic acids is 1. The number of imidazole rings is 1. The van der Waals surface area contributed by atoms with E-state index in [0.29, 0.717) is 11.5 Å². The number of nitrogens with zero attached hydrogens (tertiary/aromatic N) is 4. The average molecular weight is 404 g/mol. The van der Waals surface area contributed by atoms with Crippen LogP contribution in [0.3, 0.4) is 0 Å². The summed E-state index contributed by atoms with van der Waals surface area (Å²) >= 11 is 0. The van der Waals surface area contributed by atoms with E-state index in [9.17, 15) is 4.79 Å². The SMILES string of the molecule is CN/C(=N\c1c(C)cc(-c2ccc3nc(C)cn3c2)cc1C=O)C1CCN(C)CC1. The summed E-state index contributed by atoms with van der Waals surface area (Å²) in [5.74, 6) is 1.37. The minimum Gasteiger partial charge on any atom is -0.376 e. The summed E-state index contributed by atoms with van der Waals surface area (Å²) in [5, 5.41) is 3.29. The fraction of sp³-hybridized carbons (Fsp3) is 0.375. The van der Waals surface area contributed by atoms with Crippen molar-refractivity contribution in [2.45, 2.75) is 26.7 Å². The Kier molecular flexibility index (Phi) is 5.68. The third-order valence-electron chi connectivity index (χ3n) is 5.96. The highest BCUT2D eigenvalue weighted by atomic mass is 16.1. The van der Waals surface area contributed by atoms with Crippen molar-refractivity contribution in [2.75, 3.05) is 27.2 Å². The van der Waals surface area contributed by atoms with Crippen molar-refractivity contribution in [1.82, 2.24) is 19.6 Å². The van der Waals surface area contributed by atoms with E-state index in [0.717, 1.165) is 71.8 Å². The van der Waals surface area contributed by atoms with Gasteiger partial charge in [-0.15, -0.1) is 0 Å². The van der Waals surface area contributed by atoms with E-state index in [4.69, 9.17) is 4.99 Å². The molecule has 0 radical (unpaired) electrons. The fourth-order valence-corrected chi connectivity index (χ4v) is 4.26. The molecule has 0 atom stereocenters. The van der Waals surface area contributed by atoms with Crippen molar-refractivity contribution in [2.24, 2.45) is 10.9 Å². The molecule has 1 N–H and O–H groups in total. The maximum atomic E-state index is 12.0. The highest BCUT2D eigenvalue weighted by Crippen LogP contribution is 2.31. The first-order valence-corrected chi connectivity index (χ1v) is 10.5. The molecule has 6 nitrogen and oxygen atoms in total. The number of benzene rings is 1. The normalized spacial score (nSPS) is 16.2. The molecule has 3 aromatic rings. The second kappa shape index (κ2) is 8.40. The number of hydrogen-bond donors (Lipinski definition) is 1. The molecule has 2 aromatic heterocycles. The topological polar surface area (TPSA) is 62.0 Å². The van der Waals surface area contributed by atoms with E-state index in [1.807, 2.05) is 49.7 Å². The molecule has 1 fully saturated rings. The minimum atomic E-state index is 0.400. The van der Waals surface area contributed by atoms with Gasteiger partial charge in [-0.3, -0.25) is 4.79 Å². The van der Waals surface area contributed by atoms with Crippen LogP contribution in [0.1, 0.15) is 34.5 Å². The lowest BCUT2D eigenvalue weighted by Gasteiger charge is -2.29. The van der Waals surface area contributed by atoms with Gasteiger partial charge in [-0.1, -0.05) is 0 Å². The molecule has 4 rings (SSSR count). The van der Waals surface area contributed by atoms with Gasteiger partial charge in [-0.25, -0.2) is 9.98 Å². The zero-order chi connectivity index (χ0) is 21.3. The first kappa shape index (κ1) is 20.3. The summed E-state index contributed by atoms with van der Waals surface area (Å²) in [5.41, 5.74) is 6.33. The average Bonchev–Trinajstić information content (AvgIpc) is 3.12. The van der Waals surface area contributed by atoms with Gasteiger partial charge in [0.1, 0.15) is 11.5 Å². The lowest BCUT2D eigenvalue weighted by Crippen LogP contribution is -2.37. The Hall–Kier alpha value is -2.99. The maximum absolute atomic E-state index is 12.0. The number of fused-ring (bicyclic) bond motifs is 1. The summed E-state index contributed by atoms with van der Waals surface area (Å²) in [6.07, 6.45) is 7.13. The molecule has 30 heavy (non-hydrogen) atoms. The number of nitrogens with one attached hydrogen (secondary N) is 1. The molecule has 1 aliphatic rings. The van der Waals surface area contributed by atoms with Crippen LogP contribution in [0.2, 0.25) is 0 Å². The van der Waals surface area contributed by atoms with Crippen LogP contribution in [0.15, 0.2) is 41.7 Å². The molecule has 1 aromatic carbocycles. The van der Waals surface area contributed by atoms with Gasteiger partial charge in [0.05, 0.1) is 11.4 Å². The van der Waals surface area contributed by atoms with Crippen LogP contribution in [0.4, 0.5) is 5.69 Å². The van der Waals surface area contributed by atoms with Gasteiger partial charge in [0.2, 0.25) is 0 Å². The molecule has 0 unspecified atom stereocenters. The maximum Gasteiger partial charge on any atom is 0.152 e. The lowest BCUT2D eigenvalue weighted by molar-refractivity contribution is 0.112. The lowest BCUT2D eigenvalue weighted by atomic mass is 9.95. The van der Waals surface area contributed by atoms with Gasteiger partial charge >= 0.3 is 0 Å². The summed E-state index contributed by atoms with van der Waals surface area (Å²) in [6.45, 7) is 6.15. The first-order chi connectivity index (χ1) is 14.5. The van der Waals surface area contributed by atoms with Crippen LogP contribution in [-0.4, -0.2) is 53.6 Å². The van der Waals surface area contributed by atoms with Crippen molar-refractivity contribution < 1.29 is 4.79 Å². The Morgan fingerprint density at radius 2 is 1.93 bits per heavy atom. The fourth-order valence-electron chi connectivity index (χ4n) is 4.26. The smallest absolute Gasteiger partial charge is 0.152 e. The van der Waals surface area contributed by atoms with E-state index >= 15 is 0 Å². The number of aromatic nitrogens is 2. The van der Waals surface area contributed by atoms with Crippen molar-refractivity contribution in [1.29, 1.82) is 0 Å². The summed E-state index contributed by atoms with van der Waals surface area (Å²) < 4.78 is 2.02. The zero-order valence-electron chi connectivity index (χ0n) is 18.1. The van der Waals surface area contributed by atoms with E-state index < -0.39 is 0 Å². The Morgan fingerprint density at radius 3 is 2.63 bits per heavy atom. The van der Waals surface area contributed by atoms with Crippen LogP contribution in [0.5, 0.6) is 0 Å². The molecule has 1 aliphatic heterocycles. The molecular weight excluding hydrogens is 374 g/mol. The Labute approximate surface area is 177 Å². The molecule has 0 saturated carbocycles. The highest BCUT2D eigenvalue weighted by molar-refractivity contribution is 5.93. The predicted octanol–water partition coefficient (Wildman–Crippen LogP) is 4.02. The molecule has 3 heterocycles. The van der Waals surface area contributed by atoms with Crippen molar-refractivity contribution in [3.8, 4) is 11.1 Å². The van der Waals surface area contributed by atoms with Crippen molar-refractivity contribution in [3.05, 3.63) is 53.5 Å². The highest BCUT2D eigenvalue weighted by Gasteiger charge is 2.22. The van der Waals surface area contributed by atoms with Crippen LogP contribution in [-0.2, 0) is 0 Å². The first-order valence-electron chi connectivity index (χ1n) is 10.5. The molecule has 0 spiro atoms. The quantitative estimate of drug-likeness (QED) is 0.406. The number of rotatable bonds is 4. The van der Waals surface area contributed by atoms with Gasteiger partial charge in [0, 0.05) is 30.9 Å². The van der Waals surface area contributed by atoms with Gasteiger partial charge in [-0.05, 0) is 87.8 Å². The number of piperidine rings is 1. The molecule has 6 heteroatoms. The van der Waals surface area contributed by atoms with Crippen molar-refractivity contribution >= 4 is 23.5 Å². The predicted molar refractivity (Wildman–Crippen MR) is 122 cm³/mol. The number of aliphatic imine (C=N–C) groups is 1. The molecule has 1 saturated heterocycles. The van der Waals surface area contributed by atoms with Crippen LogP contribution in [0, 0.1) is 19.8 Å². The molecule has 0 amide bonds. The van der Waals surface area contributed by atoms with Gasteiger partial charge in [0.25, 0.3) is 0 Å². The summed E-state index contributed by atoms with van der Waals surface area (Å²) in [6, 6.07) is 8.10. The van der Waals surface area contributed by atoms with E-state index in [-0.39, 0.29) is 0 Å². The molecular formula is C24H29N5O. The largest absolute Gasteiger partial charge is 0.376 e. The third kappa shape index (κ3) is 4.00. The number of hydrogen-bond acceptors (Lipinski definition) is 4. The number of carbonyl (C=O) groups is 1. The van der Waals surface area contributed by atoms with Crippen LogP contribution < -0.4 is 5.32 Å². The van der Waals surface area contributed by atoms with E-state index in [2.05, 4.69) is 34.5 Å². The van der Waals surface area contributed by atoms with Gasteiger partial charge in [-0.2, -0.15) is 0 Å². The number of amidine groups is 1. The molecule has 0 bridgehead atoms. The van der Waals surface area contributed by atoms with E-state index in [1.54, 1.807) is 0 Å². The van der Waals surface area contributed by atoms with Gasteiger partial charge in [0.15, 0.2) is 6.29 Å². The summed E-state index contributed by atoms with van der Waals surface area (Å²) in [7, 11) is 4.08. The summed E-state index contributed by atoms with van der Waals surface area (Å²) in [4.78, 5) is 23.7. The Balaban J connectivity index is 1.71. The van der Waals surface area contributed by atoms with Crippen molar-refractivity contribution in [3.63, 3.8) is 0 Å². The number of aryl methyl sites for hydroxylation is 2. The standard InChI is InChI=1S/C24H29N5O/c1-16-11-20(19-5-6-22-26-17(2)13-29(22)14-19)12-21(15-30)23(16)27-24(25-3)18-7-9-28(4)10-8-18/h5-6,11-15,18H,7-10H2,1-4H3,(H,25,27). The Bertz CT molecular complexity index is 1110. The van der Waals surface area contributed by atoms with Gasteiger partial charge < -0.3 is 14.6 Å². The van der Waals surface area contributed by atoms with Crippen LogP contribution in [0.25, 0.3) is 16.8 Å². The number of pyridine rings is 1. The zero-order valence-corrected chi connectivity index (χ0v) is 18.1. The molecule has 0 aliphatic carbocycles. The second-order valence-electron chi connectivity index (χ2n) is 8.24. The second-order valence-corrected chi connectivity index (χ2v) is 8.24. The monoisotopic (exact) mass is 403 g/mol. The number of likely N-dealkylation sites (tertiary alicyclic amines) is 1. The number of aldehydes is 1. The minimum absolute atomic E-state index is 0.400. The van der Waals surface area contributed by atoms with E-state index in [1.165, 1.54) is 0 Å². The van der Waals surface area contributed by atoms with Crippen LogP contribution >= 0.6 is 0 Å². The third-order valence-corrected chi connectivity index (χ3v) is 5.96. The Morgan fingerprint density at radius 1 is 1.17 bits per heavy atom. The molecule has 156 valence electrons.